The van der Waals surface area contributed by atoms with Crippen LogP contribution in [0.2, 0.25) is 0 Å². The second-order valence-corrected chi connectivity index (χ2v) is 3.90. The molecule has 0 radical (unpaired) electrons. The molecule has 0 bridgehead atoms. The van der Waals surface area contributed by atoms with Gasteiger partial charge in [0.15, 0.2) is 0 Å². The van der Waals surface area contributed by atoms with Crippen molar-refractivity contribution < 1.29 is 4.79 Å². The SMILES string of the molecule is CCC(C)C/C=C/C(C)CCC=O. The molecule has 0 spiro atoms. The summed E-state index contributed by atoms with van der Waals surface area (Å²) in [6.07, 6.45) is 9.57. The highest BCUT2D eigenvalue weighted by Gasteiger charge is 1.97. The Bertz CT molecular complexity index is 149. The third kappa shape index (κ3) is 7.76. The molecule has 0 aliphatic rings. The van der Waals surface area contributed by atoms with Crippen molar-refractivity contribution in [3.05, 3.63) is 12.2 Å². The standard InChI is InChI=1S/C12H22O/c1-4-11(2)7-5-8-12(3)9-6-10-13/h5,8,10-12H,4,6-7,9H2,1-3H3/b8-5+. The Morgan fingerprint density at radius 1 is 1.31 bits per heavy atom. The lowest BCUT2D eigenvalue weighted by atomic mass is 10.0. The molecule has 0 saturated carbocycles. The van der Waals surface area contributed by atoms with Crippen LogP contribution in [0.4, 0.5) is 0 Å². The van der Waals surface area contributed by atoms with E-state index >= 15 is 0 Å². The molecule has 1 heteroatoms. The Morgan fingerprint density at radius 2 is 2.00 bits per heavy atom. The summed E-state index contributed by atoms with van der Waals surface area (Å²) in [6.45, 7) is 6.64. The highest BCUT2D eigenvalue weighted by atomic mass is 16.1. The van der Waals surface area contributed by atoms with Crippen LogP contribution in [0, 0.1) is 11.8 Å². The van der Waals surface area contributed by atoms with Crippen LogP contribution in [0.5, 0.6) is 0 Å². The quantitative estimate of drug-likeness (QED) is 0.434. The maximum absolute atomic E-state index is 10.1. The minimum absolute atomic E-state index is 0.550. The molecule has 76 valence electrons. The molecule has 0 saturated heterocycles. The summed E-state index contributed by atoms with van der Waals surface area (Å²) < 4.78 is 0. The number of allylic oxidation sites excluding steroid dienone is 2. The zero-order valence-electron chi connectivity index (χ0n) is 9.12. The normalized spacial score (nSPS) is 15.9. The predicted molar refractivity (Wildman–Crippen MR) is 57.7 cm³/mol. The van der Waals surface area contributed by atoms with Crippen LogP contribution >= 0.6 is 0 Å². The van der Waals surface area contributed by atoms with Gasteiger partial charge >= 0.3 is 0 Å². The van der Waals surface area contributed by atoms with E-state index in [0.717, 1.165) is 18.6 Å². The lowest BCUT2D eigenvalue weighted by molar-refractivity contribution is -0.108. The molecule has 0 aliphatic carbocycles. The fraction of sp³-hybridized carbons (Fsp3) is 0.750. The number of carbonyl (C=O) groups is 1. The van der Waals surface area contributed by atoms with E-state index in [1.807, 2.05) is 0 Å². The second-order valence-electron chi connectivity index (χ2n) is 3.90. The molecule has 1 nitrogen and oxygen atoms in total. The van der Waals surface area contributed by atoms with Gasteiger partial charge in [0.2, 0.25) is 0 Å². The van der Waals surface area contributed by atoms with Gasteiger partial charge in [-0.3, -0.25) is 0 Å². The number of rotatable bonds is 7. The van der Waals surface area contributed by atoms with Gasteiger partial charge in [-0.2, -0.15) is 0 Å². The van der Waals surface area contributed by atoms with Crippen molar-refractivity contribution in [3.8, 4) is 0 Å². The van der Waals surface area contributed by atoms with E-state index in [9.17, 15) is 4.79 Å². The topological polar surface area (TPSA) is 17.1 Å². The van der Waals surface area contributed by atoms with Crippen LogP contribution in [0.15, 0.2) is 12.2 Å². The van der Waals surface area contributed by atoms with E-state index in [0.29, 0.717) is 12.3 Å². The molecule has 0 amide bonds. The van der Waals surface area contributed by atoms with E-state index in [2.05, 4.69) is 32.9 Å². The first-order valence-electron chi connectivity index (χ1n) is 5.31. The van der Waals surface area contributed by atoms with Gasteiger partial charge in [-0.25, -0.2) is 0 Å². The zero-order chi connectivity index (χ0) is 10.1. The number of carbonyl (C=O) groups excluding carboxylic acids is 1. The van der Waals surface area contributed by atoms with Gasteiger partial charge in [-0.15, -0.1) is 0 Å². The molecule has 0 aromatic heterocycles. The van der Waals surface area contributed by atoms with Gasteiger partial charge in [0, 0.05) is 6.42 Å². The van der Waals surface area contributed by atoms with Crippen LogP contribution in [0.1, 0.15) is 46.5 Å². The van der Waals surface area contributed by atoms with Crippen molar-refractivity contribution in [2.45, 2.75) is 46.5 Å². The van der Waals surface area contributed by atoms with Gasteiger partial charge in [0.05, 0.1) is 0 Å². The Balaban J connectivity index is 3.52. The van der Waals surface area contributed by atoms with E-state index in [-0.39, 0.29) is 0 Å². The highest BCUT2D eigenvalue weighted by Crippen LogP contribution is 2.10. The van der Waals surface area contributed by atoms with Gasteiger partial charge in [-0.1, -0.05) is 39.3 Å². The first-order valence-corrected chi connectivity index (χ1v) is 5.31. The Kier molecular flexibility index (Phi) is 7.66. The number of aldehydes is 1. The molecular formula is C12H22O. The fourth-order valence-corrected chi connectivity index (χ4v) is 1.14. The Hall–Kier alpha value is -0.590. The maximum atomic E-state index is 10.1. The molecule has 0 aromatic carbocycles. The van der Waals surface area contributed by atoms with E-state index in [4.69, 9.17) is 0 Å². The molecule has 2 unspecified atom stereocenters. The Labute approximate surface area is 82.2 Å². The summed E-state index contributed by atoms with van der Waals surface area (Å²) in [5.41, 5.74) is 0. The predicted octanol–water partition coefficient (Wildman–Crippen LogP) is 3.59. The van der Waals surface area contributed by atoms with Gasteiger partial charge in [0.1, 0.15) is 6.29 Å². The van der Waals surface area contributed by atoms with Gasteiger partial charge in [-0.05, 0) is 24.7 Å². The summed E-state index contributed by atoms with van der Waals surface area (Å²) in [6, 6.07) is 0. The molecule has 0 aromatic rings. The van der Waals surface area contributed by atoms with Crippen LogP contribution in [-0.4, -0.2) is 6.29 Å². The minimum Gasteiger partial charge on any atom is -0.303 e. The van der Waals surface area contributed by atoms with Crippen LogP contribution < -0.4 is 0 Å². The van der Waals surface area contributed by atoms with Gasteiger partial charge < -0.3 is 4.79 Å². The smallest absolute Gasteiger partial charge is 0.120 e. The average Bonchev–Trinajstić information content (AvgIpc) is 2.14. The third-order valence-corrected chi connectivity index (χ3v) is 2.44. The van der Waals surface area contributed by atoms with E-state index in [1.165, 1.54) is 12.8 Å². The van der Waals surface area contributed by atoms with E-state index < -0.39 is 0 Å². The zero-order valence-corrected chi connectivity index (χ0v) is 9.12. The number of hydrogen-bond donors (Lipinski definition) is 0. The van der Waals surface area contributed by atoms with Crippen LogP contribution in [0.25, 0.3) is 0 Å². The monoisotopic (exact) mass is 182 g/mol. The Morgan fingerprint density at radius 3 is 2.54 bits per heavy atom. The molecule has 0 N–H and O–H groups in total. The largest absolute Gasteiger partial charge is 0.303 e. The van der Waals surface area contributed by atoms with Crippen molar-refractivity contribution in [2.75, 3.05) is 0 Å². The molecule has 0 fully saturated rings. The molecule has 13 heavy (non-hydrogen) atoms. The third-order valence-electron chi connectivity index (χ3n) is 2.44. The maximum Gasteiger partial charge on any atom is 0.120 e. The lowest BCUT2D eigenvalue weighted by Gasteiger charge is -2.05. The van der Waals surface area contributed by atoms with Crippen LogP contribution in [0.3, 0.4) is 0 Å². The molecule has 2 atom stereocenters. The summed E-state index contributed by atoms with van der Waals surface area (Å²) in [4.78, 5) is 10.1. The molecule has 0 heterocycles. The van der Waals surface area contributed by atoms with Crippen molar-refractivity contribution >= 4 is 6.29 Å². The fourth-order valence-electron chi connectivity index (χ4n) is 1.14. The number of hydrogen-bond acceptors (Lipinski definition) is 1. The molecule has 0 aliphatic heterocycles. The lowest BCUT2D eigenvalue weighted by Crippen LogP contribution is -1.92. The molecule has 0 rings (SSSR count). The summed E-state index contributed by atoms with van der Waals surface area (Å²) in [7, 11) is 0. The van der Waals surface area contributed by atoms with Gasteiger partial charge in [0.25, 0.3) is 0 Å². The van der Waals surface area contributed by atoms with Crippen molar-refractivity contribution in [2.24, 2.45) is 11.8 Å². The van der Waals surface area contributed by atoms with Crippen molar-refractivity contribution in [1.82, 2.24) is 0 Å². The molecular weight excluding hydrogens is 160 g/mol. The minimum atomic E-state index is 0.550. The summed E-state index contributed by atoms with van der Waals surface area (Å²) >= 11 is 0. The average molecular weight is 182 g/mol. The summed E-state index contributed by atoms with van der Waals surface area (Å²) in [5, 5.41) is 0. The van der Waals surface area contributed by atoms with E-state index in [1.54, 1.807) is 0 Å². The second kappa shape index (κ2) is 8.03. The highest BCUT2D eigenvalue weighted by molar-refractivity contribution is 5.49. The first kappa shape index (κ1) is 12.4. The first-order chi connectivity index (χ1) is 6.20. The van der Waals surface area contributed by atoms with Crippen molar-refractivity contribution in [1.29, 1.82) is 0 Å². The van der Waals surface area contributed by atoms with Crippen molar-refractivity contribution in [3.63, 3.8) is 0 Å². The summed E-state index contributed by atoms with van der Waals surface area (Å²) in [5.74, 6) is 1.34. The van der Waals surface area contributed by atoms with Crippen LogP contribution in [-0.2, 0) is 4.79 Å².